The maximum absolute atomic E-state index is 6.71. The van der Waals surface area contributed by atoms with Crippen LogP contribution in [0.1, 0.15) is 28.9 Å². The maximum atomic E-state index is 6.71. The van der Waals surface area contributed by atoms with E-state index < -0.39 is 0 Å². The summed E-state index contributed by atoms with van der Waals surface area (Å²) in [7, 11) is 0. The van der Waals surface area contributed by atoms with Crippen LogP contribution < -0.4 is 0 Å². The van der Waals surface area contributed by atoms with Gasteiger partial charge in [-0.05, 0) is 82.8 Å². The smallest absolute Gasteiger partial charge is 0.157 e. The number of aryl methyl sites for hydroxylation is 1. The molecule has 0 saturated heterocycles. The summed E-state index contributed by atoms with van der Waals surface area (Å²) in [5.74, 6) is 0.853. The molecule has 63 heavy (non-hydrogen) atoms. The molecule has 1 aliphatic heterocycles. The molecular weight excluding hydrogens is 767 g/mol. The predicted molar refractivity (Wildman–Crippen MR) is 263 cm³/mol. The number of fused-ring (bicyclic) bond motifs is 15. The lowest BCUT2D eigenvalue weighted by Gasteiger charge is -2.14. The van der Waals surface area contributed by atoms with Gasteiger partial charge in [0.05, 0.1) is 33.3 Å². The van der Waals surface area contributed by atoms with Gasteiger partial charge in [-0.25, -0.2) is 4.99 Å². The van der Waals surface area contributed by atoms with E-state index in [1.54, 1.807) is 0 Å². The Balaban J connectivity index is 0.976. The van der Waals surface area contributed by atoms with Gasteiger partial charge in [0, 0.05) is 54.5 Å². The number of hydrogen-bond donors (Lipinski definition) is 0. The number of aliphatic imine (C=N–C) groups is 1. The number of aromatic nitrogens is 2. The minimum atomic E-state index is 0.852. The van der Waals surface area contributed by atoms with Crippen molar-refractivity contribution in [3.8, 4) is 16.8 Å². The summed E-state index contributed by atoms with van der Waals surface area (Å²) < 4.78 is 11.7. The Morgan fingerprint density at radius 3 is 1.92 bits per heavy atom. The normalized spacial score (nSPS) is 15.1. The highest BCUT2D eigenvalue weighted by Gasteiger charge is 2.26. The number of allylic oxidation sites excluding steroid dienone is 1. The molecule has 0 N–H and O–H groups in total. The summed E-state index contributed by atoms with van der Waals surface area (Å²) >= 11 is 0. The van der Waals surface area contributed by atoms with Gasteiger partial charge in [0.15, 0.2) is 5.76 Å². The van der Waals surface area contributed by atoms with Crippen LogP contribution in [0.3, 0.4) is 0 Å². The molecule has 0 radical (unpaired) electrons. The van der Waals surface area contributed by atoms with Crippen LogP contribution in [0.5, 0.6) is 0 Å². The fourth-order valence-electron chi connectivity index (χ4n) is 10.8. The monoisotopic (exact) mass is 803 g/mol. The van der Waals surface area contributed by atoms with E-state index in [1.165, 1.54) is 87.4 Å². The first-order valence-electron chi connectivity index (χ1n) is 21.8. The van der Waals surface area contributed by atoms with Gasteiger partial charge in [-0.15, -0.1) is 0 Å². The molecule has 4 heteroatoms. The Morgan fingerprint density at radius 2 is 1.10 bits per heavy atom. The molecule has 13 aromatic rings. The van der Waals surface area contributed by atoms with Crippen molar-refractivity contribution in [2.75, 3.05) is 0 Å². The van der Waals surface area contributed by atoms with E-state index in [-0.39, 0.29) is 0 Å². The molecule has 0 fully saturated rings. The number of hydrogen-bond acceptors (Lipinski definition) is 2. The standard InChI is InChI=1S/C59H37N3O/c1-2-13-36(14-3-1)37-25-27-40(28-26-37)57-59-45(44-18-8-11-24-53(44)63-59)20-12-21-48(60-57)39-29-32-41(33-30-39)61-51-34-31-38-15-4-5-16-42(38)54(51)56-52(61)35-47-43-17-6-9-22-49(43)62-50-23-10-7-19-46(50)55(56)58(47)62/h1-11,13-19,21-35H,12,20H2/b48-21-,60-57-. The Hall–Kier alpha value is -8.21. The van der Waals surface area contributed by atoms with Crippen molar-refractivity contribution < 1.29 is 4.42 Å². The molecule has 0 spiro atoms. The van der Waals surface area contributed by atoms with Crippen LogP contribution >= 0.6 is 0 Å². The topological polar surface area (TPSA) is 34.8 Å². The first-order valence-corrected chi connectivity index (χ1v) is 21.8. The van der Waals surface area contributed by atoms with Crippen molar-refractivity contribution in [1.82, 2.24) is 8.97 Å². The van der Waals surface area contributed by atoms with Gasteiger partial charge in [-0.2, -0.15) is 0 Å². The van der Waals surface area contributed by atoms with Crippen molar-refractivity contribution in [3.05, 3.63) is 223 Å². The number of rotatable bonds is 4. The van der Waals surface area contributed by atoms with E-state index in [0.717, 1.165) is 57.8 Å². The van der Waals surface area contributed by atoms with Gasteiger partial charge in [0.2, 0.25) is 0 Å². The summed E-state index contributed by atoms with van der Waals surface area (Å²) in [6, 6.07) is 70.4. The first-order chi connectivity index (χ1) is 31.3. The Kier molecular flexibility index (Phi) is 7.20. The molecule has 5 heterocycles. The third-order valence-corrected chi connectivity index (χ3v) is 13.6. The average Bonchev–Trinajstić information content (AvgIpc) is 4.08. The zero-order valence-corrected chi connectivity index (χ0v) is 34.2. The van der Waals surface area contributed by atoms with Gasteiger partial charge in [-0.1, -0.05) is 158 Å². The van der Waals surface area contributed by atoms with Gasteiger partial charge in [-0.3, -0.25) is 0 Å². The number of para-hydroxylation sites is 3. The quantitative estimate of drug-likeness (QED) is 0.174. The first kappa shape index (κ1) is 34.5. The molecule has 4 aromatic heterocycles. The van der Waals surface area contributed by atoms with Crippen molar-refractivity contribution in [3.63, 3.8) is 0 Å². The van der Waals surface area contributed by atoms with Gasteiger partial charge in [0.1, 0.15) is 11.3 Å². The van der Waals surface area contributed by atoms with Gasteiger partial charge in [0.25, 0.3) is 0 Å². The Morgan fingerprint density at radius 1 is 0.444 bits per heavy atom. The van der Waals surface area contributed by atoms with Gasteiger partial charge < -0.3 is 13.4 Å². The lowest BCUT2D eigenvalue weighted by Crippen LogP contribution is -2.08. The van der Waals surface area contributed by atoms with E-state index in [2.05, 4.69) is 203 Å². The fraction of sp³-hybridized carbons (Fsp3) is 0.0339. The van der Waals surface area contributed by atoms with Crippen LogP contribution in [0.25, 0.3) is 104 Å². The summed E-state index contributed by atoms with van der Waals surface area (Å²) in [4.78, 5) is 5.52. The lowest BCUT2D eigenvalue weighted by molar-refractivity contribution is 0.599. The highest BCUT2D eigenvalue weighted by atomic mass is 16.3. The second kappa shape index (κ2) is 13.1. The molecule has 4 nitrogen and oxygen atoms in total. The minimum Gasteiger partial charge on any atom is -0.454 e. The highest BCUT2D eigenvalue weighted by Crippen LogP contribution is 2.48. The lowest BCUT2D eigenvalue weighted by atomic mass is 9.96. The number of furan rings is 1. The van der Waals surface area contributed by atoms with Crippen LogP contribution in [0.2, 0.25) is 0 Å². The Bertz CT molecular complexity index is 4050. The third kappa shape index (κ3) is 4.95. The molecule has 0 atom stereocenters. The van der Waals surface area contributed by atoms with Crippen LogP contribution in [0.4, 0.5) is 0 Å². The molecule has 14 rings (SSSR count). The maximum Gasteiger partial charge on any atom is 0.157 e. The summed E-state index contributed by atoms with van der Waals surface area (Å²) in [5.41, 5.74) is 15.7. The number of nitrogens with zero attached hydrogens (tertiary/aromatic N) is 3. The van der Waals surface area contributed by atoms with E-state index >= 15 is 0 Å². The molecule has 0 saturated carbocycles. The summed E-state index contributed by atoms with van der Waals surface area (Å²) in [5, 5.41) is 11.4. The average molecular weight is 804 g/mol. The molecule has 0 amide bonds. The van der Waals surface area contributed by atoms with E-state index in [1.807, 2.05) is 6.07 Å². The van der Waals surface area contributed by atoms with Crippen LogP contribution in [0, 0.1) is 0 Å². The van der Waals surface area contributed by atoms with Crippen LogP contribution in [-0.2, 0) is 6.42 Å². The van der Waals surface area contributed by atoms with Crippen molar-refractivity contribution in [2.24, 2.45) is 4.99 Å². The second-order valence-electron chi connectivity index (χ2n) is 16.9. The molecule has 9 aromatic carbocycles. The summed E-state index contributed by atoms with van der Waals surface area (Å²) in [6.07, 6.45) is 4.02. The molecule has 0 bridgehead atoms. The highest BCUT2D eigenvalue weighted by molar-refractivity contribution is 6.38. The van der Waals surface area contributed by atoms with Crippen molar-refractivity contribution in [1.29, 1.82) is 0 Å². The molecule has 0 aliphatic carbocycles. The largest absolute Gasteiger partial charge is 0.454 e. The Labute approximate surface area is 362 Å². The molecule has 1 aliphatic rings. The zero-order valence-electron chi connectivity index (χ0n) is 34.2. The van der Waals surface area contributed by atoms with Crippen LogP contribution in [0.15, 0.2) is 210 Å². The summed E-state index contributed by atoms with van der Waals surface area (Å²) in [6.45, 7) is 0. The van der Waals surface area contributed by atoms with Gasteiger partial charge >= 0.3 is 0 Å². The van der Waals surface area contributed by atoms with Crippen LogP contribution in [-0.4, -0.2) is 14.7 Å². The van der Waals surface area contributed by atoms with E-state index in [4.69, 9.17) is 9.41 Å². The minimum absolute atomic E-state index is 0.852. The molecular formula is C59H37N3O. The molecule has 0 unspecified atom stereocenters. The molecule has 294 valence electrons. The third-order valence-electron chi connectivity index (χ3n) is 13.6. The fourth-order valence-corrected chi connectivity index (χ4v) is 10.8. The van der Waals surface area contributed by atoms with E-state index in [0.29, 0.717) is 0 Å². The second-order valence-corrected chi connectivity index (χ2v) is 16.9. The van der Waals surface area contributed by atoms with E-state index in [9.17, 15) is 0 Å². The van der Waals surface area contributed by atoms with Crippen molar-refractivity contribution in [2.45, 2.75) is 12.8 Å². The zero-order chi connectivity index (χ0) is 41.2. The SMILES string of the molecule is C1=C(c2ccc(-n3c4ccc5ccccc5c4c4c5c6ccccc6n6c7ccccc7c(cc43)c56)cc2)\N=C(\c2ccc(-c3ccccc3)cc2)c2oc3ccccc3c2CC/1. The number of benzene rings is 9. The predicted octanol–water partition coefficient (Wildman–Crippen LogP) is 15.3. The van der Waals surface area contributed by atoms with Crippen molar-refractivity contribution >= 4 is 93.1 Å².